The van der Waals surface area contributed by atoms with E-state index in [1.54, 1.807) is 0 Å². The molecule has 1 unspecified atom stereocenters. The summed E-state index contributed by atoms with van der Waals surface area (Å²) in [7, 11) is 0. The zero-order valence-corrected chi connectivity index (χ0v) is 8.08. The fourth-order valence-electron chi connectivity index (χ4n) is 1.23. The van der Waals surface area contributed by atoms with E-state index in [0.29, 0.717) is 0 Å². The number of nitriles is 1. The minimum Gasteiger partial charge on any atom is -0.508 e. The predicted octanol–water partition coefficient (Wildman–Crippen LogP) is 0.570. The first-order valence-electron chi connectivity index (χ1n) is 4.32. The van der Waals surface area contributed by atoms with Crippen LogP contribution >= 0.6 is 0 Å². The summed E-state index contributed by atoms with van der Waals surface area (Å²) in [6.07, 6.45) is -0.330. The third-order valence-electron chi connectivity index (χ3n) is 2.05. The second-order valence-electron chi connectivity index (χ2n) is 3.19. The summed E-state index contributed by atoms with van der Waals surface area (Å²) in [6.45, 7) is 0. The van der Waals surface area contributed by atoms with Gasteiger partial charge in [-0.2, -0.15) is 5.26 Å². The molecule has 16 heavy (non-hydrogen) atoms. The molecule has 1 atom stereocenters. The van der Waals surface area contributed by atoms with Gasteiger partial charge in [-0.05, 0) is 0 Å². The van der Waals surface area contributed by atoms with Crippen LogP contribution in [0.2, 0.25) is 0 Å². The molecule has 0 aliphatic heterocycles. The van der Waals surface area contributed by atoms with Crippen LogP contribution in [-0.4, -0.2) is 26.4 Å². The van der Waals surface area contributed by atoms with Gasteiger partial charge in [-0.15, -0.1) is 0 Å². The molecule has 1 aromatic rings. The van der Waals surface area contributed by atoms with Crippen LogP contribution in [0.25, 0.3) is 0 Å². The lowest BCUT2D eigenvalue weighted by Gasteiger charge is -2.09. The zero-order chi connectivity index (χ0) is 12.3. The van der Waals surface area contributed by atoms with Crippen molar-refractivity contribution < 1.29 is 25.2 Å². The summed E-state index contributed by atoms with van der Waals surface area (Å²) >= 11 is 0. The summed E-state index contributed by atoms with van der Waals surface area (Å²) in [6, 6.07) is 3.46. The molecule has 6 heteroatoms. The Balaban J connectivity index is 3.07. The number of nitrogens with zero attached hydrogens (tertiary/aromatic N) is 1. The van der Waals surface area contributed by atoms with Crippen LogP contribution in [0.3, 0.4) is 0 Å². The third kappa shape index (κ3) is 2.33. The molecule has 6 nitrogen and oxygen atoms in total. The van der Waals surface area contributed by atoms with Gasteiger partial charge >= 0.3 is 5.97 Å². The molecule has 0 aromatic heterocycles. The molecule has 4 N–H and O–H groups in total. The van der Waals surface area contributed by atoms with Gasteiger partial charge in [0.15, 0.2) is 0 Å². The Morgan fingerprint density at radius 1 is 1.31 bits per heavy atom. The number of hydrogen-bond donors (Lipinski definition) is 4. The standard InChI is InChI=1S/C10H9NO5/c11-4-5(10(15)16)1-7-8(13)2-6(12)3-9(7)14/h2-3,5,12-14H,1H2,(H,15,16). The lowest BCUT2D eigenvalue weighted by molar-refractivity contribution is -0.139. The van der Waals surface area contributed by atoms with E-state index >= 15 is 0 Å². The number of aliphatic carboxylic acids is 1. The molecule has 0 radical (unpaired) electrons. The first-order chi connectivity index (χ1) is 7.45. The van der Waals surface area contributed by atoms with E-state index in [4.69, 9.17) is 15.5 Å². The maximum Gasteiger partial charge on any atom is 0.321 e. The monoisotopic (exact) mass is 223 g/mol. The summed E-state index contributed by atoms with van der Waals surface area (Å²) in [5, 5.41) is 45.0. The van der Waals surface area contributed by atoms with E-state index in [1.165, 1.54) is 6.07 Å². The molecule has 0 aliphatic carbocycles. The number of aromatic hydroxyl groups is 3. The number of rotatable bonds is 3. The van der Waals surface area contributed by atoms with Crippen molar-refractivity contribution in [1.29, 1.82) is 5.26 Å². The van der Waals surface area contributed by atoms with Crippen molar-refractivity contribution >= 4 is 5.97 Å². The topological polar surface area (TPSA) is 122 Å². The summed E-state index contributed by atoms with van der Waals surface area (Å²) < 4.78 is 0. The Morgan fingerprint density at radius 2 is 1.81 bits per heavy atom. The van der Waals surface area contributed by atoms with Gasteiger partial charge in [0, 0.05) is 24.1 Å². The highest BCUT2D eigenvalue weighted by atomic mass is 16.4. The molecule has 0 saturated heterocycles. The maximum absolute atomic E-state index is 10.6. The number of phenols is 3. The summed E-state index contributed by atoms with van der Waals surface area (Å²) in [5.74, 6) is -3.93. The highest BCUT2D eigenvalue weighted by molar-refractivity contribution is 5.73. The lowest BCUT2D eigenvalue weighted by Crippen LogP contribution is -2.14. The van der Waals surface area contributed by atoms with Gasteiger partial charge in [0.05, 0.1) is 6.07 Å². The summed E-state index contributed by atoms with van der Waals surface area (Å²) in [5.41, 5.74) is -0.0771. The number of phenolic OH excluding ortho intramolecular Hbond substituents is 3. The van der Waals surface area contributed by atoms with Gasteiger partial charge in [-0.25, -0.2) is 0 Å². The molecule has 0 aliphatic rings. The minimum atomic E-state index is -1.36. The molecule has 1 rings (SSSR count). The third-order valence-corrected chi connectivity index (χ3v) is 2.05. The number of carboxylic acids is 1. The van der Waals surface area contributed by atoms with E-state index in [9.17, 15) is 15.0 Å². The van der Waals surface area contributed by atoms with Crippen LogP contribution in [0, 0.1) is 17.2 Å². The first-order valence-corrected chi connectivity index (χ1v) is 4.32. The number of benzene rings is 1. The average molecular weight is 223 g/mol. The fourth-order valence-corrected chi connectivity index (χ4v) is 1.23. The quantitative estimate of drug-likeness (QED) is 0.594. The predicted molar refractivity (Wildman–Crippen MR) is 51.9 cm³/mol. The zero-order valence-electron chi connectivity index (χ0n) is 8.08. The Morgan fingerprint density at radius 3 is 2.19 bits per heavy atom. The molecule has 0 amide bonds. The molecule has 1 aromatic carbocycles. The van der Waals surface area contributed by atoms with Crippen LogP contribution in [0.1, 0.15) is 5.56 Å². The van der Waals surface area contributed by atoms with Crippen molar-refractivity contribution in [3.8, 4) is 23.3 Å². The molecule has 0 heterocycles. The van der Waals surface area contributed by atoms with E-state index < -0.39 is 23.4 Å². The molecule has 0 spiro atoms. The molecule has 0 fully saturated rings. The SMILES string of the molecule is N#CC(Cc1c(O)cc(O)cc1O)C(=O)O. The minimum absolute atomic E-state index is 0.0771. The number of carbonyl (C=O) groups is 1. The van der Waals surface area contributed by atoms with Crippen LogP contribution in [0.4, 0.5) is 0 Å². The molecule has 0 saturated carbocycles. The van der Waals surface area contributed by atoms with Crippen LogP contribution < -0.4 is 0 Å². The first kappa shape index (κ1) is 11.7. The second-order valence-corrected chi connectivity index (χ2v) is 3.19. The Kier molecular flexibility index (Phi) is 3.20. The van der Waals surface area contributed by atoms with Gasteiger partial charge in [-0.3, -0.25) is 4.79 Å². The van der Waals surface area contributed by atoms with Crippen molar-refractivity contribution in [1.82, 2.24) is 0 Å². The number of carboxylic acid groups (broad SMARTS) is 1. The summed E-state index contributed by atoms with van der Waals surface area (Å²) in [4.78, 5) is 10.6. The molecule has 84 valence electrons. The fraction of sp³-hybridized carbons (Fsp3) is 0.200. The smallest absolute Gasteiger partial charge is 0.321 e. The van der Waals surface area contributed by atoms with Crippen LogP contribution in [0.15, 0.2) is 12.1 Å². The molecular weight excluding hydrogens is 214 g/mol. The van der Waals surface area contributed by atoms with Crippen molar-refractivity contribution in [3.63, 3.8) is 0 Å². The van der Waals surface area contributed by atoms with Crippen LogP contribution in [0.5, 0.6) is 17.2 Å². The number of hydrogen-bond acceptors (Lipinski definition) is 5. The van der Waals surface area contributed by atoms with Gasteiger partial charge in [0.1, 0.15) is 23.2 Å². The van der Waals surface area contributed by atoms with Crippen molar-refractivity contribution in [2.24, 2.45) is 5.92 Å². The second kappa shape index (κ2) is 4.40. The van der Waals surface area contributed by atoms with Crippen LogP contribution in [-0.2, 0) is 11.2 Å². The molecule has 0 bridgehead atoms. The highest BCUT2D eigenvalue weighted by Crippen LogP contribution is 2.33. The normalized spacial score (nSPS) is 11.7. The Bertz CT molecular complexity index is 440. The average Bonchev–Trinajstić information content (AvgIpc) is 2.15. The van der Waals surface area contributed by atoms with Crippen molar-refractivity contribution in [2.45, 2.75) is 6.42 Å². The van der Waals surface area contributed by atoms with Gasteiger partial charge in [0.2, 0.25) is 0 Å². The highest BCUT2D eigenvalue weighted by Gasteiger charge is 2.21. The maximum atomic E-state index is 10.6. The molecular formula is C10H9NO5. The van der Waals surface area contributed by atoms with Gasteiger partial charge < -0.3 is 20.4 Å². The van der Waals surface area contributed by atoms with Gasteiger partial charge in [-0.1, -0.05) is 0 Å². The Hall–Kier alpha value is -2.42. The lowest BCUT2D eigenvalue weighted by atomic mass is 9.99. The Labute approximate surface area is 90.6 Å². The van der Waals surface area contributed by atoms with E-state index in [-0.39, 0.29) is 17.7 Å². The van der Waals surface area contributed by atoms with E-state index in [0.717, 1.165) is 12.1 Å². The van der Waals surface area contributed by atoms with Crippen molar-refractivity contribution in [2.75, 3.05) is 0 Å². The van der Waals surface area contributed by atoms with E-state index in [1.807, 2.05) is 0 Å². The van der Waals surface area contributed by atoms with E-state index in [2.05, 4.69) is 0 Å². The van der Waals surface area contributed by atoms with Gasteiger partial charge in [0.25, 0.3) is 0 Å². The van der Waals surface area contributed by atoms with Crippen molar-refractivity contribution in [3.05, 3.63) is 17.7 Å². The largest absolute Gasteiger partial charge is 0.508 e.